The van der Waals surface area contributed by atoms with Gasteiger partial charge in [-0.2, -0.15) is 0 Å². The molecule has 2 heterocycles. The number of benzene rings is 2. The lowest BCUT2D eigenvalue weighted by molar-refractivity contribution is -0.144. The molecule has 20 nitrogen and oxygen atoms in total. The second-order valence-electron chi connectivity index (χ2n) is 19.1. The van der Waals surface area contributed by atoms with E-state index in [-0.39, 0.29) is 30.5 Å². The molecule has 2 aromatic carbocycles. The third kappa shape index (κ3) is 20.8. The van der Waals surface area contributed by atoms with Crippen LogP contribution in [0.2, 0.25) is 0 Å². The first kappa shape index (κ1) is 60.7. The van der Waals surface area contributed by atoms with E-state index in [0.717, 1.165) is 30.6 Å². The molecular formula is C53H80N8O12. The van der Waals surface area contributed by atoms with Crippen LogP contribution in [0.25, 0.3) is 11.1 Å². The Bertz CT molecular complexity index is 2150. The number of nitrogens with zero attached hydrogens (tertiary/aromatic N) is 3. The number of likely N-dealkylation sites (N-methyl/N-ethyl adjacent to an activating group) is 2. The van der Waals surface area contributed by atoms with Gasteiger partial charge < -0.3 is 56.6 Å². The van der Waals surface area contributed by atoms with Gasteiger partial charge in [-0.25, -0.2) is 4.79 Å². The molecule has 2 aliphatic rings. The molecule has 0 spiro atoms. The molecule has 1 fully saturated rings. The van der Waals surface area contributed by atoms with E-state index in [1.54, 1.807) is 50.2 Å². The molecule has 2 aromatic rings. The molecule has 4 bridgehead atoms. The van der Waals surface area contributed by atoms with Crippen molar-refractivity contribution >= 4 is 53.7 Å². The van der Waals surface area contributed by atoms with Crippen LogP contribution < -0.4 is 26.6 Å². The van der Waals surface area contributed by atoms with Gasteiger partial charge in [0, 0.05) is 45.1 Å². The van der Waals surface area contributed by atoms with Crippen LogP contribution in [0.4, 0.5) is 0 Å². The summed E-state index contributed by atoms with van der Waals surface area (Å²) in [5.41, 5.74) is 1.92. The highest BCUT2D eigenvalue weighted by atomic mass is 16.4. The van der Waals surface area contributed by atoms with Gasteiger partial charge >= 0.3 is 5.97 Å². The van der Waals surface area contributed by atoms with Crippen molar-refractivity contribution in [2.24, 2.45) is 0 Å². The zero-order chi connectivity index (χ0) is 53.9. The number of hydrogen-bond donors (Lipinski definition) is 8. The lowest BCUT2D eigenvalue weighted by Gasteiger charge is -2.29. The molecule has 0 aromatic heterocycles. The minimum atomic E-state index is -1.30. The quantitative estimate of drug-likeness (QED) is 0.0497. The Balaban J connectivity index is 0.00000125. The highest BCUT2D eigenvalue weighted by Crippen LogP contribution is 2.33. The fourth-order valence-corrected chi connectivity index (χ4v) is 8.70. The largest absolute Gasteiger partial charge is 0.507 e. The first-order valence-corrected chi connectivity index (χ1v) is 25.8. The number of rotatable bonds is 26. The number of aromatic hydroxyl groups is 1. The SMILES string of the molecule is CCCCCCCCCCCCCCCC(=O)N(C)C(CO)C(=O)NCC(=O)NCC(=O)N(C)C1C(=O)NCC(=O)NC(C(=O)NC(C)C)Cc2ccc(O)c(c2)-c2cccc1c2.O=CN1CCCC1C(=O)O. The lowest BCUT2D eigenvalue weighted by Crippen LogP contribution is -2.53. The maximum Gasteiger partial charge on any atom is 0.326 e. The molecule has 0 saturated carbocycles. The maximum atomic E-state index is 13.8. The van der Waals surface area contributed by atoms with Gasteiger partial charge in [0.25, 0.3) is 0 Å². The fraction of sp³-hybridized carbons (Fsp3) is 0.604. The molecule has 8 N–H and O–H groups in total. The van der Waals surface area contributed by atoms with Gasteiger partial charge in [-0.3, -0.25) is 38.4 Å². The standard InChI is InChI=1S/C47H71N7O9.C6H9NO3/c1-6-7-8-9-10-11-12-13-14-15-16-17-18-22-42(59)53(4)38(31-55)46(62)49-28-40(57)48-30-43(60)54(5)44-35-21-19-20-34(27-35)36-25-33(23-24-39(36)56)26-37(45(61)51-32(2)3)52-41(58)29-50-47(44)63;8-4-7-3-1-2-5(7)6(9)10/h19-21,23-25,27,32,37-38,44,55-56H,6-18,22,26,28-31H2,1-5H3,(H,48,57)(H,49,62)(H,50,63)(H,51,61)(H,52,58);4-5H,1-3H2,(H,9,10). The molecule has 2 aliphatic heterocycles. The van der Waals surface area contributed by atoms with Gasteiger partial charge in [0.05, 0.1) is 26.2 Å². The molecular weight excluding hydrogens is 941 g/mol. The number of nitrogens with one attached hydrogen (secondary N) is 5. The summed E-state index contributed by atoms with van der Waals surface area (Å²) in [6.45, 7) is 4.12. The summed E-state index contributed by atoms with van der Waals surface area (Å²) in [4.78, 5) is 116. The van der Waals surface area contributed by atoms with Gasteiger partial charge in [-0.05, 0) is 68.0 Å². The summed E-state index contributed by atoms with van der Waals surface area (Å²) >= 11 is 0. The van der Waals surface area contributed by atoms with Crippen LogP contribution in [-0.4, -0.2) is 155 Å². The van der Waals surface area contributed by atoms with E-state index in [2.05, 4.69) is 33.5 Å². The third-order valence-corrected chi connectivity index (χ3v) is 13.0. The zero-order valence-corrected chi connectivity index (χ0v) is 43.4. The molecule has 4 atom stereocenters. The van der Waals surface area contributed by atoms with Gasteiger partial charge in [-0.1, -0.05) is 108 Å². The van der Waals surface area contributed by atoms with E-state index in [1.807, 2.05) is 0 Å². The van der Waals surface area contributed by atoms with E-state index < -0.39 is 91.8 Å². The first-order valence-electron chi connectivity index (χ1n) is 25.8. The average Bonchev–Trinajstić information content (AvgIpc) is 3.86. The minimum Gasteiger partial charge on any atom is -0.507 e. The average molecular weight is 1020 g/mol. The number of hydrogen-bond acceptors (Lipinski definition) is 11. The molecule has 8 amide bonds. The molecule has 4 rings (SSSR count). The Morgan fingerprint density at radius 1 is 0.849 bits per heavy atom. The van der Waals surface area contributed by atoms with E-state index in [0.29, 0.717) is 48.1 Å². The Morgan fingerprint density at radius 2 is 1.49 bits per heavy atom. The van der Waals surface area contributed by atoms with Crippen molar-refractivity contribution in [2.75, 3.05) is 46.9 Å². The van der Waals surface area contributed by atoms with Crippen molar-refractivity contribution in [3.8, 4) is 16.9 Å². The van der Waals surface area contributed by atoms with Crippen molar-refractivity contribution in [1.29, 1.82) is 0 Å². The van der Waals surface area contributed by atoms with Gasteiger partial charge in [0.15, 0.2) is 0 Å². The van der Waals surface area contributed by atoms with Crippen LogP contribution in [0.3, 0.4) is 0 Å². The van der Waals surface area contributed by atoms with Crippen molar-refractivity contribution in [1.82, 2.24) is 41.3 Å². The summed E-state index contributed by atoms with van der Waals surface area (Å²) in [5.74, 6) is -5.21. The molecule has 20 heteroatoms. The van der Waals surface area contributed by atoms with Crippen LogP contribution in [0.15, 0.2) is 42.5 Å². The van der Waals surface area contributed by atoms with Gasteiger partial charge in [-0.15, -0.1) is 0 Å². The maximum absolute atomic E-state index is 13.8. The summed E-state index contributed by atoms with van der Waals surface area (Å²) in [6, 6.07) is 7.18. The monoisotopic (exact) mass is 1020 g/mol. The Kier molecular flexibility index (Phi) is 27.0. The van der Waals surface area contributed by atoms with Crippen molar-refractivity contribution < 1.29 is 58.5 Å². The highest BCUT2D eigenvalue weighted by molar-refractivity contribution is 5.95. The Morgan fingerprint density at radius 3 is 2.08 bits per heavy atom. The third-order valence-electron chi connectivity index (χ3n) is 13.0. The summed E-state index contributed by atoms with van der Waals surface area (Å²) in [5, 5.41) is 42.2. The number of aliphatic hydroxyl groups excluding tert-OH is 1. The number of carbonyl (C=O) groups excluding carboxylic acids is 8. The number of likely N-dealkylation sites (tertiary alicyclic amines) is 1. The molecule has 73 heavy (non-hydrogen) atoms. The van der Waals surface area contributed by atoms with Crippen molar-refractivity contribution in [3.05, 3.63) is 53.6 Å². The molecule has 0 radical (unpaired) electrons. The number of unbranched alkanes of at least 4 members (excludes halogenated alkanes) is 12. The number of carbonyl (C=O) groups is 9. The summed E-state index contributed by atoms with van der Waals surface area (Å²) in [6.07, 6.45) is 17.6. The number of aliphatic hydroxyl groups is 1. The number of aliphatic carboxylic acids is 1. The molecule has 4 unspecified atom stereocenters. The highest BCUT2D eigenvalue weighted by Gasteiger charge is 2.32. The Hall–Kier alpha value is -6.57. The number of phenols is 1. The second-order valence-corrected chi connectivity index (χ2v) is 19.1. The van der Waals surface area contributed by atoms with E-state index in [1.165, 1.54) is 87.7 Å². The van der Waals surface area contributed by atoms with Crippen LogP contribution >= 0.6 is 0 Å². The summed E-state index contributed by atoms with van der Waals surface area (Å²) < 4.78 is 0. The van der Waals surface area contributed by atoms with Gasteiger partial charge in [0.2, 0.25) is 47.8 Å². The van der Waals surface area contributed by atoms with Crippen LogP contribution in [0.1, 0.15) is 141 Å². The number of fused-ring (bicyclic) bond motifs is 5. The normalized spacial score (nSPS) is 16.9. The number of carboxylic acids is 1. The molecule has 0 aliphatic carbocycles. The number of amides is 8. The van der Waals surface area contributed by atoms with Crippen LogP contribution in [0, 0.1) is 0 Å². The lowest BCUT2D eigenvalue weighted by atomic mass is 9.94. The smallest absolute Gasteiger partial charge is 0.326 e. The van der Waals surface area contributed by atoms with E-state index in [9.17, 15) is 53.4 Å². The van der Waals surface area contributed by atoms with E-state index in [4.69, 9.17) is 5.11 Å². The fourth-order valence-electron chi connectivity index (χ4n) is 8.70. The molecule has 1 saturated heterocycles. The first-order chi connectivity index (χ1) is 34.9. The zero-order valence-electron chi connectivity index (χ0n) is 43.4. The molecule has 404 valence electrons. The van der Waals surface area contributed by atoms with Gasteiger partial charge in [0.1, 0.15) is 29.9 Å². The van der Waals surface area contributed by atoms with E-state index >= 15 is 0 Å². The minimum absolute atomic E-state index is 0.0657. The predicted octanol–water partition coefficient (Wildman–Crippen LogP) is 3.47. The van der Waals surface area contributed by atoms with Crippen LogP contribution in [0.5, 0.6) is 5.75 Å². The van der Waals surface area contributed by atoms with Crippen LogP contribution in [-0.2, 0) is 49.6 Å². The Labute approximate surface area is 429 Å². The van der Waals surface area contributed by atoms with Crippen molar-refractivity contribution in [3.63, 3.8) is 0 Å². The number of phenolic OH excluding ortho intramolecular Hbond substituents is 1. The second kappa shape index (κ2) is 32.5. The topological polar surface area (TPSA) is 284 Å². The van der Waals surface area contributed by atoms with Crippen molar-refractivity contribution in [2.45, 2.75) is 160 Å². The summed E-state index contributed by atoms with van der Waals surface area (Å²) in [7, 11) is 2.80. The number of carboxylic acid groups (broad SMARTS) is 1. The predicted molar refractivity (Wildman–Crippen MR) is 274 cm³/mol.